The number of guanidine groups is 1. The van der Waals surface area contributed by atoms with Gasteiger partial charge in [0.1, 0.15) is 0 Å². The molecule has 1 atom stereocenters. The number of benzene rings is 1. The second kappa shape index (κ2) is 8.67. The highest BCUT2D eigenvalue weighted by molar-refractivity contribution is 5.92. The van der Waals surface area contributed by atoms with Crippen LogP contribution < -0.4 is 11.1 Å². The highest BCUT2D eigenvalue weighted by Crippen LogP contribution is 2.30. The van der Waals surface area contributed by atoms with E-state index < -0.39 is 0 Å². The lowest BCUT2D eigenvalue weighted by atomic mass is 9.98. The fourth-order valence-electron chi connectivity index (χ4n) is 3.02. The maximum Gasteiger partial charge on any atom is 0.193 e. The molecular weight excluding hydrogens is 262 g/mol. The third-order valence-electron chi connectivity index (χ3n) is 4.05. The van der Waals surface area contributed by atoms with E-state index >= 15 is 0 Å². The zero-order valence-corrected chi connectivity index (χ0v) is 12.9. The molecule has 2 rings (SSSR count). The predicted octanol–water partition coefficient (Wildman–Crippen LogP) is 3.40. The second-order valence-electron chi connectivity index (χ2n) is 5.58. The Hall–Kier alpha value is -1.55. The number of nitrogens with zero attached hydrogens (tertiary/aromatic N) is 1. The van der Waals surface area contributed by atoms with E-state index in [1.54, 1.807) is 0 Å². The average Bonchev–Trinajstić information content (AvgIpc) is 3.01. The van der Waals surface area contributed by atoms with E-state index in [-0.39, 0.29) is 0 Å². The summed E-state index contributed by atoms with van der Waals surface area (Å²) >= 11 is 0. The molecular formula is C17H27N3O. The molecule has 1 fully saturated rings. The topological polar surface area (TPSA) is 59.6 Å². The smallest absolute Gasteiger partial charge is 0.193 e. The van der Waals surface area contributed by atoms with Crippen LogP contribution in [0.5, 0.6) is 0 Å². The molecule has 1 aliphatic carbocycles. The van der Waals surface area contributed by atoms with Crippen molar-refractivity contribution in [1.29, 1.82) is 0 Å². The van der Waals surface area contributed by atoms with Gasteiger partial charge in [0.25, 0.3) is 0 Å². The molecule has 0 saturated heterocycles. The molecule has 0 radical (unpaired) electrons. The third kappa shape index (κ3) is 5.38. The minimum atomic E-state index is 0.339. The Morgan fingerprint density at radius 2 is 2.05 bits per heavy atom. The van der Waals surface area contributed by atoms with Crippen LogP contribution in [0.1, 0.15) is 39.0 Å². The lowest BCUT2D eigenvalue weighted by Crippen LogP contribution is -2.26. The van der Waals surface area contributed by atoms with Gasteiger partial charge in [-0.2, -0.15) is 0 Å². The maximum absolute atomic E-state index is 5.92. The molecule has 0 amide bonds. The van der Waals surface area contributed by atoms with Crippen molar-refractivity contribution in [2.45, 2.75) is 45.1 Å². The van der Waals surface area contributed by atoms with Crippen molar-refractivity contribution >= 4 is 11.6 Å². The first kappa shape index (κ1) is 15.8. The Bertz CT molecular complexity index is 427. The summed E-state index contributed by atoms with van der Waals surface area (Å²) in [5.41, 5.74) is 6.89. The Labute approximate surface area is 127 Å². The fourth-order valence-corrected chi connectivity index (χ4v) is 3.02. The fraction of sp³-hybridized carbons (Fsp3) is 0.588. The van der Waals surface area contributed by atoms with Crippen molar-refractivity contribution in [2.75, 3.05) is 18.5 Å². The molecule has 0 aliphatic heterocycles. The van der Waals surface area contributed by atoms with E-state index in [1.807, 2.05) is 30.3 Å². The molecule has 1 aliphatic rings. The molecule has 0 heterocycles. The van der Waals surface area contributed by atoms with Gasteiger partial charge in [-0.3, -0.25) is 4.99 Å². The van der Waals surface area contributed by atoms with Gasteiger partial charge in [-0.05, 0) is 44.2 Å². The number of hydrogen-bond donors (Lipinski definition) is 2. The minimum Gasteiger partial charge on any atom is -0.378 e. The van der Waals surface area contributed by atoms with Crippen LogP contribution in [0.2, 0.25) is 0 Å². The van der Waals surface area contributed by atoms with Crippen LogP contribution in [0, 0.1) is 5.92 Å². The molecule has 21 heavy (non-hydrogen) atoms. The molecule has 1 unspecified atom stereocenters. The van der Waals surface area contributed by atoms with Crippen LogP contribution >= 0.6 is 0 Å². The summed E-state index contributed by atoms with van der Waals surface area (Å²) in [4.78, 5) is 4.42. The van der Waals surface area contributed by atoms with Crippen LogP contribution in [-0.2, 0) is 4.74 Å². The number of aliphatic imine (C=N–C) groups is 1. The molecule has 0 bridgehead atoms. The standard InChI is InChI=1S/C17H27N3O/c1-2-21-16(14-8-6-7-9-14)12-13-19-17(18)20-15-10-4-3-5-11-15/h3-5,10-11,14,16H,2,6-9,12-13H2,1H3,(H3,18,19,20). The molecule has 116 valence electrons. The van der Waals surface area contributed by atoms with E-state index in [4.69, 9.17) is 10.5 Å². The van der Waals surface area contributed by atoms with E-state index in [2.05, 4.69) is 17.2 Å². The first-order chi connectivity index (χ1) is 10.3. The van der Waals surface area contributed by atoms with Crippen LogP contribution in [-0.4, -0.2) is 25.2 Å². The first-order valence-electron chi connectivity index (χ1n) is 8.03. The Morgan fingerprint density at radius 1 is 1.33 bits per heavy atom. The van der Waals surface area contributed by atoms with Crippen molar-refractivity contribution in [3.63, 3.8) is 0 Å². The van der Waals surface area contributed by atoms with Gasteiger partial charge in [0.2, 0.25) is 0 Å². The van der Waals surface area contributed by atoms with Crippen molar-refractivity contribution < 1.29 is 4.74 Å². The number of rotatable bonds is 7. The van der Waals surface area contributed by atoms with Gasteiger partial charge in [-0.15, -0.1) is 0 Å². The van der Waals surface area contributed by atoms with Crippen molar-refractivity contribution in [2.24, 2.45) is 16.6 Å². The van der Waals surface area contributed by atoms with Crippen molar-refractivity contribution in [3.8, 4) is 0 Å². The lowest BCUT2D eigenvalue weighted by molar-refractivity contribution is 0.0178. The highest BCUT2D eigenvalue weighted by atomic mass is 16.5. The van der Waals surface area contributed by atoms with Crippen LogP contribution in [0.25, 0.3) is 0 Å². The van der Waals surface area contributed by atoms with Crippen LogP contribution in [0.3, 0.4) is 0 Å². The molecule has 3 N–H and O–H groups in total. The van der Waals surface area contributed by atoms with Gasteiger partial charge < -0.3 is 15.8 Å². The number of para-hydroxylation sites is 1. The van der Waals surface area contributed by atoms with Crippen molar-refractivity contribution in [1.82, 2.24) is 0 Å². The van der Waals surface area contributed by atoms with Gasteiger partial charge in [0.15, 0.2) is 5.96 Å². The molecule has 1 saturated carbocycles. The van der Waals surface area contributed by atoms with Gasteiger partial charge in [-0.25, -0.2) is 0 Å². The van der Waals surface area contributed by atoms with Crippen LogP contribution in [0.15, 0.2) is 35.3 Å². The molecule has 4 nitrogen and oxygen atoms in total. The van der Waals surface area contributed by atoms with E-state index in [0.717, 1.165) is 18.7 Å². The third-order valence-corrected chi connectivity index (χ3v) is 4.05. The number of nitrogens with two attached hydrogens (primary N) is 1. The molecule has 1 aromatic carbocycles. The maximum atomic E-state index is 5.92. The quantitative estimate of drug-likeness (QED) is 0.597. The predicted molar refractivity (Wildman–Crippen MR) is 88.5 cm³/mol. The Balaban J connectivity index is 1.78. The first-order valence-corrected chi connectivity index (χ1v) is 8.03. The summed E-state index contributed by atoms with van der Waals surface area (Å²) in [6, 6.07) is 9.88. The van der Waals surface area contributed by atoms with E-state index in [0.29, 0.717) is 24.5 Å². The zero-order valence-electron chi connectivity index (χ0n) is 12.9. The summed E-state index contributed by atoms with van der Waals surface area (Å²) in [6.45, 7) is 3.56. The minimum absolute atomic E-state index is 0.339. The normalized spacial score (nSPS) is 17.9. The number of hydrogen-bond acceptors (Lipinski definition) is 2. The van der Waals surface area contributed by atoms with Gasteiger partial charge >= 0.3 is 0 Å². The molecule has 0 spiro atoms. The van der Waals surface area contributed by atoms with Crippen molar-refractivity contribution in [3.05, 3.63) is 30.3 Å². The van der Waals surface area contributed by atoms with E-state index in [1.165, 1.54) is 25.7 Å². The van der Waals surface area contributed by atoms with Gasteiger partial charge in [0, 0.05) is 18.8 Å². The summed E-state index contributed by atoms with van der Waals surface area (Å²) in [6.07, 6.45) is 6.57. The van der Waals surface area contributed by atoms with E-state index in [9.17, 15) is 0 Å². The Morgan fingerprint density at radius 3 is 2.71 bits per heavy atom. The average molecular weight is 289 g/mol. The molecule has 4 heteroatoms. The molecule has 1 aromatic rings. The number of ether oxygens (including phenoxy) is 1. The number of nitrogens with one attached hydrogen (secondary N) is 1. The number of anilines is 1. The van der Waals surface area contributed by atoms with Gasteiger partial charge in [-0.1, -0.05) is 31.0 Å². The van der Waals surface area contributed by atoms with Crippen LogP contribution in [0.4, 0.5) is 5.69 Å². The molecule has 0 aromatic heterocycles. The summed E-state index contributed by atoms with van der Waals surface area (Å²) in [5.74, 6) is 1.19. The summed E-state index contributed by atoms with van der Waals surface area (Å²) in [5, 5.41) is 3.10. The lowest BCUT2D eigenvalue weighted by Gasteiger charge is -2.22. The second-order valence-corrected chi connectivity index (χ2v) is 5.58. The Kier molecular flexibility index (Phi) is 6.54. The van der Waals surface area contributed by atoms with Gasteiger partial charge in [0.05, 0.1) is 6.10 Å². The zero-order chi connectivity index (χ0) is 14.9. The largest absolute Gasteiger partial charge is 0.378 e. The summed E-state index contributed by atoms with van der Waals surface area (Å²) in [7, 11) is 0. The highest BCUT2D eigenvalue weighted by Gasteiger charge is 2.24. The SMILES string of the molecule is CCOC(CCN=C(N)Nc1ccccc1)C1CCCC1. The summed E-state index contributed by atoms with van der Waals surface area (Å²) < 4.78 is 5.90. The monoisotopic (exact) mass is 289 g/mol.